The average Bonchev–Trinajstić information content (AvgIpc) is 3.16. The van der Waals surface area contributed by atoms with Crippen molar-refractivity contribution in [1.29, 1.82) is 0 Å². The van der Waals surface area contributed by atoms with E-state index in [1.54, 1.807) is 14.2 Å². The molecule has 0 aromatic heterocycles. The van der Waals surface area contributed by atoms with Crippen LogP contribution in [0, 0.1) is 0 Å². The van der Waals surface area contributed by atoms with Gasteiger partial charge in [0, 0.05) is 38.0 Å². The summed E-state index contributed by atoms with van der Waals surface area (Å²) < 4.78 is 11.5. The Morgan fingerprint density at radius 2 is 2.00 bits per heavy atom. The molecule has 144 valence electrons. The summed E-state index contributed by atoms with van der Waals surface area (Å²) >= 11 is 3.47. The van der Waals surface area contributed by atoms with Gasteiger partial charge in [0.15, 0.2) is 0 Å². The summed E-state index contributed by atoms with van der Waals surface area (Å²) in [4.78, 5) is 14.5. The number of methoxy groups -OCH3 is 2. The van der Waals surface area contributed by atoms with Gasteiger partial charge in [-0.2, -0.15) is 0 Å². The van der Waals surface area contributed by atoms with Crippen LogP contribution in [-0.2, 0) is 16.0 Å². The summed E-state index contributed by atoms with van der Waals surface area (Å²) in [6.07, 6.45) is 2.47. The van der Waals surface area contributed by atoms with E-state index >= 15 is 0 Å². The zero-order valence-electron chi connectivity index (χ0n) is 15.7. The molecule has 0 bridgehead atoms. The first-order valence-corrected chi connectivity index (χ1v) is 9.88. The minimum atomic E-state index is 0.00955. The van der Waals surface area contributed by atoms with Gasteiger partial charge in [-0.15, -0.1) is 0 Å². The van der Waals surface area contributed by atoms with Crippen molar-refractivity contribution < 1.29 is 14.3 Å². The second-order valence-corrected chi connectivity index (χ2v) is 7.51. The lowest BCUT2D eigenvalue weighted by atomic mass is 10.1. The Balaban J connectivity index is 1.50. The van der Waals surface area contributed by atoms with Crippen molar-refractivity contribution in [2.24, 2.45) is 0 Å². The molecule has 1 unspecified atom stereocenters. The number of halogens is 1. The van der Waals surface area contributed by atoms with E-state index in [1.807, 2.05) is 42.5 Å². The van der Waals surface area contributed by atoms with Gasteiger partial charge in [-0.1, -0.05) is 6.07 Å². The van der Waals surface area contributed by atoms with Crippen molar-refractivity contribution >= 4 is 33.2 Å². The van der Waals surface area contributed by atoms with Crippen LogP contribution in [0.25, 0.3) is 0 Å². The second-order valence-electron chi connectivity index (χ2n) is 6.66. The number of anilines is 2. The molecule has 1 N–H and O–H groups in total. The van der Waals surface area contributed by atoms with E-state index in [0.717, 1.165) is 46.7 Å². The number of amides is 1. The van der Waals surface area contributed by atoms with Crippen molar-refractivity contribution in [3.63, 3.8) is 0 Å². The molecule has 1 aliphatic rings. The van der Waals surface area contributed by atoms with Gasteiger partial charge < -0.3 is 19.7 Å². The maximum absolute atomic E-state index is 12.2. The zero-order chi connectivity index (χ0) is 19.2. The number of nitrogens with zero attached hydrogens (tertiary/aromatic N) is 1. The Labute approximate surface area is 168 Å². The largest absolute Gasteiger partial charge is 0.496 e. The number of nitrogens with one attached hydrogen (secondary N) is 1. The average molecular weight is 433 g/mol. The van der Waals surface area contributed by atoms with Gasteiger partial charge in [-0.05, 0) is 70.7 Å². The van der Waals surface area contributed by atoms with Crippen molar-refractivity contribution in [3.05, 3.63) is 52.5 Å². The Morgan fingerprint density at radius 3 is 2.63 bits per heavy atom. The number of rotatable bonds is 7. The van der Waals surface area contributed by atoms with Crippen molar-refractivity contribution in [3.8, 4) is 5.75 Å². The van der Waals surface area contributed by atoms with Gasteiger partial charge in [0.1, 0.15) is 5.75 Å². The van der Waals surface area contributed by atoms with Crippen LogP contribution in [0.15, 0.2) is 46.9 Å². The van der Waals surface area contributed by atoms with Gasteiger partial charge in [0.05, 0.1) is 17.7 Å². The second kappa shape index (κ2) is 9.24. The highest BCUT2D eigenvalue weighted by molar-refractivity contribution is 9.10. The topological polar surface area (TPSA) is 50.8 Å². The van der Waals surface area contributed by atoms with Gasteiger partial charge >= 0.3 is 0 Å². The molecular formula is C21H25BrN2O3. The number of carbonyl (C=O) groups excluding carboxylic acids is 1. The molecule has 1 amide bonds. The molecule has 6 heteroatoms. The predicted octanol–water partition coefficient (Wildman–Crippen LogP) is 4.25. The lowest BCUT2D eigenvalue weighted by Crippen LogP contribution is -2.22. The number of aryl methyl sites for hydroxylation is 1. The normalized spacial score (nSPS) is 16.4. The Hall–Kier alpha value is -2.05. The van der Waals surface area contributed by atoms with Crippen LogP contribution >= 0.6 is 15.9 Å². The molecule has 3 rings (SSSR count). The molecule has 0 radical (unpaired) electrons. The Morgan fingerprint density at radius 1 is 1.22 bits per heavy atom. The van der Waals surface area contributed by atoms with Crippen LogP contribution in [0.4, 0.5) is 11.4 Å². The summed E-state index contributed by atoms with van der Waals surface area (Å²) in [7, 11) is 3.40. The molecule has 2 aromatic carbocycles. The molecule has 1 fully saturated rings. The predicted molar refractivity (Wildman–Crippen MR) is 112 cm³/mol. The van der Waals surface area contributed by atoms with Crippen LogP contribution < -0.4 is 15.0 Å². The minimum absolute atomic E-state index is 0.00955. The number of hydrogen-bond acceptors (Lipinski definition) is 4. The zero-order valence-corrected chi connectivity index (χ0v) is 17.3. The van der Waals surface area contributed by atoms with Crippen LogP contribution in [0.3, 0.4) is 0 Å². The van der Waals surface area contributed by atoms with Gasteiger partial charge in [0.25, 0.3) is 0 Å². The molecule has 1 aliphatic heterocycles. The fourth-order valence-corrected chi connectivity index (χ4v) is 3.85. The number of benzene rings is 2. The van der Waals surface area contributed by atoms with E-state index < -0.39 is 0 Å². The maximum Gasteiger partial charge on any atom is 0.224 e. The molecular weight excluding hydrogens is 408 g/mol. The number of carbonyl (C=O) groups is 1. The van der Waals surface area contributed by atoms with Crippen LogP contribution in [0.1, 0.15) is 18.4 Å². The summed E-state index contributed by atoms with van der Waals surface area (Å²) in [5.41, 5.74) is 3.08. The van der Waals surface area contributed by atoms with E-state index in [1.165, 1.54) is 0 Å². The molecule has 1 atom stereocenters. The third-order valence-corrected chi connectivity index (χ3v) is 5.47. The highest BCUT2D eigenvalue weighted by atomic mass is 79.9. The number of hydrogen-bond donors (Lipinski definition) is 1. The summed E-state index contributed by atoms with van der Waals surface area (Å²) in [5, 5.41) is 2.97. The fraction of sp³-hybridized carbons (Fsp3) is 0.381. The van der Waals surface area contributed by atoms with Crippen LogP contribution in [-0.4, -0.2) is 39.3 Å². The Kier molecular flexibility index (Phi) is 6.74. The lowest BCUT2D eigenvalue weighted by Gasteiger charge is -2.18. The van der Waals surface area contributed by atoms with Crippen molar-refractivity contribution in [2.45, 2.75) is 25.4 Å². The van der Waals surface area contributed by atoms with Gasteiger partial charge in [-0.3, -0.25) is 4.79 Å². The van der Waals surface area contributed by atoms with Gasteiger partial charge in [0.2, 0.25) is 5.91 Å². The van der Waals surface area contributed by atoms with Crippen molar-refractivity contribution in [2.75, 3.05) is 37.5 Å². The van der Waals surface area contributed by atoms with Crippen molar-refractivity contribution in [1.82, 2.24) is 0 Å². The molecule has 0 aliphatic carbocycles. The minimum Gasteiger partial charge on any atom is -0.496 e. The highest BCUT2D eigenvalue weighted by Gasteiger charge is 2.22. The maximum atomic E-state index is 12.2. The van der Waals surface area contributed by atoms with Crippen LogP contribution in [0.2, 0.25) is 0 Å². The van der Waals surface area contributed by atoms with E-state index in [0.29, 0.717) is 18.9 Å². The monoisotopic (exact) mass is 432 g/mol. The first-order chi connectivity index (χ1) is 13.1. The van der Waals surface area contributed by atoms with Crippen LogP contribution in [0.5, 0.6) is 5.75 Å². The molecule has 1 saturated heterocycles. The van der Waals surface area contributed by atoms with E-state index in [-0.39, 0.29) is 5.91 Å². The van der Waals surface area contributed by atoms with Gasteiger partial charge in [-0.25, -0.2) is 0 Å². The third-order valence-electron chi connectivity index (χ3n) is 4.85. The molecule has 27 heavy (non-hydrogen) atoms. The first-order valence-electron chi connectivity index (χ1n) is 9.09. The quantitative estimate of drug-likeness (QED) is 0.709. The molecule has 0 spiro atoms. The van der Waals surface area contributed by atoms with E-state index in [4.69, 9.17) is 9.47 Å². The SMILES string of the molecule is COc1ccc(CCC(=O)Nc2ccc(N3CCC(OC)C3)cc2)cc1Br. The Bertz CT molecular complexity index is 779. The molecule has 5 nitrogen and oxygen atoms in total. The third kappa shape index (κ3) is 5.23. The van der Waals surface area contributed by atoms with E-state index in [9.17, 15) is 4.79 Å². The summed E-state index contributed by atoms with van der Waals surface area (Å²) in [5.74, 6) is 0.799. The molecule has 2 aromatic rings. The number of ether oxygens (including phenoxy) is 2. The molecule has 1 heterocycles. The smallest absolute Gasteiger partial charge is 0.224 e. The molecule has 0 saturated carbocycles. The fourth-order valence-electron chi connectivity index (χ4n) is 3.26. The first kappa shape index (κ1) is 19.7. The standard InChI is InChI=1S/C21H25BrN2O3/c1-26-18-11-12-24(14-18)17-7-5-16(6-8-17)23-21(25)10-4-15-3-9-20(27-2)19(22)13-15/h3,5-9,13,18H,4,10-12,14H2,1-2H3,(H,23,25). The summed E-state index contributed by atoms with van der Waals surface area (Å²) in [6.45, 7) is 1.92. The highest BCUT2D eigenvalue weighted by Crippen LogP contribution is 2.26. The lowest BCUT2D eigenvalue weighted by molar-refractivity contribution is -0.116. The summed E-state index contributed by atoms with van der Waals surface area (Å²) in [6, 6.07) is 13.9. The van der Waals surface area contributed by atoms with E-state index in [2.05, 4.69) is 26.1 Å².